The molecule has 92 valence electrons. The molecule has 0 aliphatic rings. The van der Waals surface area contributed by atoms with Gasteiger partial charge in [0.05, 0.1) is 5.56 Å². The van der Waals surface area contributed by atoms with E-state index in [4.69, 9.17) is 17.2 Å². The van der Waals surface area contributed by atoms with Crippen LogP contribution < -0.4 is 17.2 Å². The van der Waals surface area contributed by atoms with Crippen LogP contribution in [0.1, 0.15) is 10.4 Å². The molecule has 2 aromatic rings. The normalized spacial score (nSPS) is 10.2. The van der Waals surface area contributed by atoms with Crippen LogP contribution in [0.3, 0.4) is 0 Å². The molecule has 0 aromatic heterocycles. The first kappa shape index (κ1) is 12.3. The topological polar surface area (TPSA) is 95.1 Å². The number of anilines is 2. The first-order valence-corrected chi connectivity index (χ1v) is 6.10. The Labute approximate surface area is 109 Å². The third-order valence-corrected chi connectivity index (χ3v) is 3.40. The van der Waals surface area contributed by atoms with Crippen LogP contribution in [0, 0.1) is 0 Å². The molecule has 0 spiro atoms. The maximum Gasteiger partial charge on any atom is 0.250 e. The number of carbonyl (C=O) groups excluding carboxylic acids is 1. The largest absolute Gasteiger partial charge is 0.399 e. The van der Waals surface area contributed by atoms with Gasteiger partial charge in [0.2, 0.25) is 0 Å². The van der Waals surface area contributed by atoms with Crippen molar-refractivity contribution < 1.29 is 4.79 Å². The van der Waals surface area contributed by atoms with Gasteiger partial charge < -0.3 is 17.2 Å². The second-order valence-electron chi connectivity index (χ2n) is 3.78. The average molecular weight is 259 g/mol. The molecule has 0 radical (unpaired) electrons. The minimum absolute atomic E-state index is 0.343. The quantitative estimate of drug-likeness (QED) is 0.735. The van der Waals surface area contributed by atoms with Crippen LogP contribution in [-0.2, 0) is 0 Å². The van der Waals surface area contributed by atoms with Gasteiger partial charge in [-0.25, -0.2) is 0 Å². The summed E-state index contributed by atoms with van der Waals surface area (Å²) >= 11 is 1.52. The predicted molar refractivity (Wildman–Crippen MR) is 74.3 cm³/mol. The van der Waals surface area contributed by atoms with Crippen molar-refractivity contribution in [1.82, 2.24) is 0 Å². The number of primary amides is 1. The summed E-state index contributed by atoms with van der Waals surface area (Å²) in [7, 11) is 0. The fourth-order valence-electron chi connectivity index (χ4n) is 1.48. The highest BCUT2D eigenvalue weighted by Gasteiger charge is 2.07. The van der Waals surface area contributed by atoms with Crippen molar-refractivity contribution in [2.45, 2.75) is 9.79 Å². The third-order valence-electron chi connectivity index (χ3n) is 2.41. The second kappa shape index (κ2) is 5.01. The van der Waals surface area contributed by atoms with Crippen LogP contribution in [0.15, 0.2) is 52.3 Å². The predicted octanol–water partition coefficient (Wildman–Crippen LogP) is 2.10. The summed E-state index contributed by atoms with van der Waals surface area (Å²) in [6, 6.07) is 12.7. The Hall–Kier alpha value is -2.14. The lowest BCUT2D eigenvalue weighted by Crippen LogP contribution is -2.13. The molecule has 0 bridgehead atoms. The standard InChI is InChI=1S/C13H13N3OS/c14-8-1-3-9(4-2-8)18-10-5-6-12(15)11(7-10)13(16)17/h1-7H,14-15H2,(H2,16,17). The highest BCUT2D eigenvalue weighted by atomic mass is 32.2. The van der Waals surface area contributed by atoms with Gasteiger partial charge >= 0.3 is 0 Å². The Morgan fingerprint density at radius 1 is 0.944 bits per heavy atom. The molecule has 0 aliphatic heterocycles. The van der Waals surface area contributed by atoms with Crippen molar-refractivity contribution in [2.75, 3.05) is 11.5 Å². The summed E-state index contributed by atoms with van der Waals surface area (Å²) in [5.41, 5.74) is 18.0. The van der Waals surface area contributed by atoms with Crippen LogP contribution in [-0.4, -0.2) is 5.91 Å². The zero-order valence-corrected chi connectivity index (χ0v) is 10.4. The van der Waals surface area contributed by atoms with Crippen molar-refractivity contribution >= 4 is 29.0 Å². The molecule has 0 atom stereocenters. The van der Waals surface area contributed by atoms with Crippen molar-refractivity contribution in [1.29, 1.82) is 0 Å². The summed E-state index contributed by atoms with van der Waals surface area (Å²) in [6.45, 7) is 0. The molecule has 2 aromatic carbocycles. The third kappa shape index (κ3) is 2.75. The van der Waals surface area contributed by atoms with E-state index in [1.165, 1.54) is 11.8 Å². The first-order chi connectivity index (χ1) is 8.56. The van der Waals surface area contributed by atoms with Gasteiger partial charge in [-0.1, -0.05) is 11.8 Å². The van der Waals surface area contributed by atoms with E-state index in [9.17, 15) is 4.79 Å². The summed E-state index contributed by atoms with van der Waals surface area (Å²) in [4.78, 5) is 13.1. The molecule has 0 unspecified atom stereocenters. The van der Waals surface area contributed by atoms with Crippen LogP contribution in [0.5, 0.6) is 0 Å². The molecule has 0 aliphatic carbocycles. The smallest absolute Gasteiger partial charge is 0.250 e. The molecular formula is C13H13N3OS. The lowest BCUT2D eigenvalue weighted by atomic mass is 10.2. The van der Waals surface area contributed by atoms with Gasteiger partial charge in [0.15, 0.2) is 0 Å². The summed E-state index contributed by atoms with van der Waals surface area (Å²) in [6.07, 6.45) is 0. The molecule has 0 saturated carbocycles. The number of hydrogen-bond acceptors (Lipinski definition) is 4. The van der Waals surface area contributed by atoms with Crippen LogP contribution in [0.25, 0.3) is 0 Å². The molecule has 18 heavy (non-hydrogen) atoms. The SMILES string of the molecule is NC(=O)c1cc(Sc2ccc(N)cc2)ccc1N. The van der Waals surface area contributed by atoms with Gasteiger partial charge in [0, 0.05) is 21.2 Å². The molecule has 4 nitrogen and oxygen atoms in total. The number of nitrogens with two attached hydrogens (primary N) is 3. The Morgan fingerprint density at radius 3 is 2.17 bits per heavy atom. The van der Waals surface area contributed by atoms with E-state index in [1.807, 2.05) is 30.3 Å². The second-order valence-corrected chi connectivity index (χ2v) is 4.93. The van der Waals surface area contributed by atoms with E-state index < -0.39 is 5.91 Å². The lowest BCUT2D eigenvalue weighted by molar-refractivity contribution is 0.100. The van der Waals surface area contributed by atoms with Crippen molar-refractivity contribution in [3.8, 4) is 0 Å². The minimum atomic E-state index is -0.521. The Kier molecular flexibility index (Phi) is 3.43. The van der Waals surface area contributed by atoms with E-state index in [-0.39, 0.29) is 0 Å². The minimum Gasteiger partial charge on any atom is -0.399 e. The van der Waals surface area contributed by atoms with Crippen LogP contribution in [0.2, 0.25) is 0 Å². The highest BCUT2D eigenvalue weighted by molar-refractivity contribution is 7.99. The van der Waals surface area contributed by atoms with Gasteiger partial charge in [0.1, 0.15) is 0 Å². The maximum atomic E-state index is 11.2. The summed E-state index contributed by atoms with van der Waals surface area (Å²) in [5.74, 6) is -0.521. The zero-order valence-electron chi connectivity index (χ0n) is 9.59. The highest BCUT2D eigenvalue weighted by Crippen LogP contribution is 2.30. The van der Waals surface area contributed by atoms with Crippen LogP contribution >= 0.6 is 11.8 Å². The zero-order chi connectivity index (χ0) is 13.1. The van der Waals surface area contributed by atoms with Gasteiger partial charge in [-0.3, -0.25) is 4.79 Å². The molecular weight excluding hydrogens is 246 g/mol. The van der Waals surface area contributed by atoms with Crippen molar-refractivity contribution in [3.63, 3.8) is 0 Å². The Morgan fingerprint density at radius 2 is 1.56 bits per heavy atom. The fourth-order valence-corrected chi connectivity index (χ4v) is 2.34. The first-order valence-electron chi connectivity index (χ1n) is 5.29. The molecule has 6 N–H and O–H groups in total. The number of nitrogen functional groups attached to an aromatic ring is 2. The van der Waals surface area contributed by atoms with Gasteiger partial charge in [-0.2, -0.15) is 0 Å². The number of hydrogen-bond donors (Lipinski definition) is 3. The number of amides is 1. The van der Waals surface area contributed by atoms with Gasteiger partial charge in [0.25, 0.3) is 5.91 Å². The molecule has 0 heterocycles. The maximum absolute atomic E-state index is 11.2. The van der Waals surface area contributed by atoms with E-state index >= 15 is 0 Å². The number of rotatable bonds is 3. The Balaban J connectivity index is 2.27. The van der Waals surface area contributed by atoms with Crippen LogP contribution in [0.4, 0.5) is 11.4 Å². The van der Waals surface area contributed by atoms with E-state index in [0.29, 0.717) is 11.3 Å². The summed E-state index contributed by atoms with van der Waals surface area (Å²) < 4.78 is 0. The monoisotopic (exact) mass is 259 g/mol. The van der Waals surface area contributed by atoms with Crippen molar-refractivity contribution in [3.05, 3.63) is 48.0 Å². The molecule has 1 amide bonds. The Bertz CT molecular complexity index is 581. The van der Waals surface area contributed by atoms with Gasteiger partial charge in [-0.05, 0) is 42.5 Å². The number of carbonyl (C=O) groups is 1. The average Bonchev–Trinajstić information content (AvgIpc) is 2.34. The van der Waals surface area contributed by atoms with Gasteiger partial charge in [-0.15, -0.1) is 0 Å². The number of benzene rings is 2. The fraction of sp³-hybridized carbons (Fsp3) is 0. The van der Waals surface area contributed by atoms with E-state index in [1.54, 1.807) is 12.1 Å². The van der Waals surface area contributed by atoms with E-state index in [0.717, 1.165) is 15.5 Å². The summed E-state index contributed by atoms with van der Waals surface area (Å²) in [5, 5.41) is 0. The molecule has 0 fully saturated rings. The van der Waals surface area contributed by atoms with E-state index in [2.05, 4.69) is 0 Å². The van der Waals surface area contributed by atoms with Crippen molar-refractivity contribution in [2.24, 2.45) is 5.73 Å². The molecule has 0 saturated heterocycles. The lowest BCUT2D eigenvalue weighted by Gasteiger charge is -2.06. The molecule has 2 rings (SSSR count). The molecule has 5 heteroatoms.